The Bertz CT molecular complexity index is 1280. The van der Waals surface area contributed by atoms with E-state index in [0.717, 1.165) is 50.5 Å². The molecule has 0 aromatic heterocycles. The molecule has 1 heterocycles. The highest BCUT2D eigenvalue weighted by atomic mass is 16.2. The zero-order chi connectivity index (χ0) is 32.1. The van der Waals surface area contributed by atoms with Crippen molar-refractivity contribution in [3.63, 3.8) is 0 Å². The van der Waals surface area contributed by atoms with Crippen LogP contribution < -0.4 is 21.3 Å². The van der Waals surface area contributed by atoms with Gasteiger partial charge in [-0.2, -0.15) is 0 Å². The minimum absolute atomic E-state index is 0.00473. The SMILES string of the molecule is CCC[C@@H](C(=O)N[C@@H](C[C@@H]1CCNC1=O)C(=O)C(=O)NCc1ccccc1)N(C)C(=O)[C@H](NC(=O)C12CC(C1)C2)C1CCCC1. The van der Waals surface area contributed by atoms with E-state index in [1.807, 2.05) is 37.3 Å². The summed E-state index contributed by atoms with van der Waals surface area (Å²) < 4.78 is 0. The topological polar surface area (TPSA) is 154 Å². The first-order valence-corrected chi connectivity index (χ1v) is 16.6. The Labute approximate surface area is 265 Å². The summed E-state index contributed by atoms with van der Waals surface area (Å²) in [4.78, 5) is 81.4. The molecule has 11 heteroatoms. The number of rotatable bonds is 15. The van der Waals surface area contributed by atoms with E-state index in [1.54, 1.807) is 7.05 Å². The standard InChI is InChI=1S/C34H47N5O6/c1-3-9-26(39(2)32(44)27(23-12-7-8-13-23)38-33(45)34-17-22(18-34)19-34)30(42)37-25(16-24-14-15-35-29(24)41)28(40)31(43)36-20-21-10-5-4-6-11-21/h4-6,10-11,22-27H,3,7-9,12-20H2,1-2H3,(H,35,41)(H,36,43)(H,37,42)(H,38,45)/t22?,24-,25-,26-,27+,34?/m0/s1. The van der Waals surface area contributed by atoms with Gasteiger partial charge >= 0.3 is 0 Å². The molecule has 4 aliphatic carbocycles. The van der Waals surface area contributed by atoms with E-state index in [0.29, 0.717) is 31.7 Å². The minimum atomic E-state index is -1.24. The van der Waals surface area contributed by atoms with Gasteiger partial charge in [-0.15, -0.1) is 0 Å². The average Bonchev–Trinajstić information content (AvgIpc) is 3.67. The van der Waals surface area contributed by atoms with Gasteiger partial charge in [-0.3, -0.25) is 28.8 Å². The zero-order valence-electron chi connectivity index (χ0n) is 26.4. The van der Waals surface area contributed by atoms with Crippen LogP contribution in [0.2, 0.25) is 0 Å². The van der Waals surface area contributed by atoms with Gasteiger partial charge in [0.25, 0.3) is 5.91 Å². The van der Waals surface area contributed by atoms with Gasteiger partial charge in [0.2, 0.25) is 29.4 Å². The highest BCUT2D eigenvalue weighted by Crippen LogP contribution is 2.64. The molecule has 4 atom stereocenters. The van der Waals surface area contributed by atoms with Crippen molar-refractivity contribution >= 4 is 35.3 Å². The second kappa shape index (κ2) is 14.1. The lowest BCUT2D eigenvalue weighted by Gasteiger charge is -2.60. The number of likely N-dealkylation sites (N-methyl/N-ethyl adjacent to an activating group) is 1. The molecule has 1 aromatic rings. The van der Waals surface area contributed by atoms with Crippen molar-refractivity contribution in [1.29, 1.82) is 0 Å². The van der Waals surface area contributed by atoms with Crippen molar-refractivity contribution in [2.24, 2.45) is 23.2 Å². The second-order valence-electron chi connectivity index (χ2n) is 13.6. The summed E-state index contributed by atoms with van der Waals surface area (Å²) in [6.45, 7) is 2.51. The van der Waals surface area contributed by atoms with Crippen LogP contribution in [0.4, 0.5) is 0 Å². The molecule has 11 nitrogen and oxygen atoms in total. The number of ketones is 1. The molecule has 2 bridgehead atoms. The summed E-state index contributed by atoms with van der Waals surface area (Å²) in [5.74, 6) is -2.72. The van der Waals surface area contributed by atoms with Gasteiger partial charge in [0.05, 0.1) is 6.04 Å². The third-order valence-electron chi connectivity index (χ3n) is 10.5. The maximum Gasteiger partial charge on any atom is 0.289 e. The van der Waals surface area contributed by atoms with Gasteiger partial charge in [-0.1, -0.05) is 56.5 Å². The van der Waals surface area contributed by atoms with Crippen molar-refractivity contribution in [2.75, 3.05) is 13.6 Å². The van der Waals surface area contributed by atoms with E-state index < -0.39 is 41.6 Å². The molecule has 244 valence electrons. The predicted molar refractivity (Wildman–Crippen MR) is 166 cm³/mol. The van der Waals surface area contributed by atoms with E-state index in [4.69, 9.17) is 0 Å². The molecule has 5 fully saturated rings. The van der Waals surface area contributed by atoms with E-state index in [9.17, 15) is 28.8 Å². The first kappa shape index (κ1) is 32.6. The number of hydrogen-bond donors (Lipinski definition) is 4. The Morgan fingerprint density at radius 1 is 1.00 bits per heavy atom. The second-order valence-corrected chi connectivity index (χ2v) is 13.6. The molecule has 0 spiro atoms. The Balaban J connectivity index is 1.29. The number of carbonyl (C=O) groups excluding carboxylic acids is 6. The fraction of sp³-hybridized carbons (Fsp3) is 0.647. The van der Waals surface area contributed by atoms with Crippen LogP contribution >= 0.6 is 0 Å². The van der Waals surface area contributed by atoms with Crippen molar-refractivity contribution < 1.29 is 28.8 Å². The Kier molecular flexibility index (Phi) is 10.2. The normalized spacial score (nSPS) is 25.5. The molecule has 1 aliphatic heterocycles. The summed E-state index contributed by atoms with van der Waals surface area (Å²) in [6.07, 6.45) is 7.69. The van der Waals surface area contributed by atoms with E-state index in [-0.39, 0.29) is 42.0 Å². The van der Waals surface area contributed by atoms with Gasteiger partial charge in [0.1, 0.15) is 12.1 Å². The van der Waals surface area contributed by atoms with Crippen LogP contribution in [0.25, 0.3) is 0 Å². The van der Waals surface area contributed by atoms with Crippen molar-refractivity contribution in [2.45, 2.75) is 102 Å². The minimum Gasteiger partial charge on any atom is -0.356 e. The molecule has 4 saturated carbocycles. The van der Waals surface area contributed by atoms with Crippen LogP contribution in [0.3, 0.4) is 0 Å². The highest BCUT2D eigenvalue weighted by Gasteiger charge is 2.61. The average molecular weight is 622 g/mol. The van der Waals surface area contributed by atoms with Gasteiger partial charge in [-0.25, -0.2) is 0 Å². The smallest absolute Gasteiger partial charge is 0.289 e. The van der Waals surface area contributed by atoms with E-state index in [2.05, 4.69) is 21.3 Å². The molecule has 45 heavy (non-hydrogen) atoms. The maximum atomic E-state index is 14.0. The lowest BCUT2D eigenvalue weighted by Crippen LogP contribution is -2.64. The number of hydrogen-bond acceptors (Lipinski definition) is 6. The number of carbonyl (C=O) groups is 6. The Morgan fingerprint density at radius 3 is 2.27 bits per heavy atom. The molecule has 1 saturated heterocycles. The van der Waals surface area contributed by atoms with Crippen LogP contribution in [-0.2, 0) is 35.3 Å². The van der Waals surface area contributed by atoms with Crippen LogP contribution in [0, 0.1) is 23.2 Å². The number of nitrogens with one attached hydrogen (secondary N) is 4. The zero-order valence-corrected chi connectivity index (χ0v) is 26.4. The third kappa shape index (κ3) is 7.23. The van der Waals surface area contributed by atoms with Gasteiger partial charge in [0, 0.05) is 31.5 Å². The van der Waals surface area contributed by atoms with Crippen LogP contribution in [0.1, 0.15) is 83.1 Å². The molecule has 1 aromatic carbocycles. The van der Waals surface area contributed by atoms with Crippen molar-refractivity contribution in [3.05, 3.63) is 35.9 Å². The lowest BCUT2D eigenvalue weighted by atomic mass is 9.44. The van der Waals surface area contributed by atoms with Crippen molar-refractivity contribution in [3.8, 4) is 0 Å². The van der Waals surface area contributed by atoms with Gasteiger partial charge in [-0.05, 0) is 68.8 Å². The number of nitrogens with zero attached hydrogens (tertiary/aromatic N) is 1. The van der Waals surface area contributed by atoms with Crippen molar-refractivity contribution in [1.82, 2.24) is 26.2 Å². The summed E-state index contributed by atoms with van der Waals surface area (Å²) in [6, 6.07) is 6.29. The summed E-state index contributed by atoms with van der Waals surface area (Å²) in [7, 11) is 1.57. The van der Waals surface area contributed by atoms with Crippen LogP contribution in [-0.4, -0.2) is 71.9 Å². The molecular weight excluding hydrogens is 574 g/mol. The van der Waals surface area contributed by atoms with Gasteiger partial charge < -0.3 is 26.2 Å². The van der Waals surface area contributed by atoms with Crippen LogP contribution in [0.5, 0.6) is 0 Å². The fourth-order valence-corrected chi connectivity index (χ4v) is 7.55. The molecule has 5 aliphatic rings. The Hall–Kier alpha value is -3.76. The first-order chi connectivity index (χ1) is 21.6. The van der Waals surface area contributed by atoms with E-state index in [1.165, 1.54) is 4.90 Å². The summed E-state index contributed by atoms with van der Waals surface area (Å²) in [5, 5.41) is 11.2. The lowest BCUT2D eigenvalue weighted by molar-refractivity contribution is -0.167. The number of Topliss-reactive ketones (excluding diaryl/α,β-unsaturated/α-hetero) is 1. The molecule has 0 radical (unpaired) electrons. The van der Waals surface area contributed by atoms with Crippen LogP contribution in [0.15, 0.2) is 30.3 Å². The Morgan fingerprint density at radius 2 is 1.69 bits per heavy atom. The predicted octanol–water partition coefficient (Wildman–Crippen LogP) is 1.99. The summed E-state index contributed by atoms with van der Waals surface area (Å²) in [5.41, 5.74) is 0.484. The summed E-state index contributed by atoms with van der Waals surface area (Å²) >= 11 is 0. The molecule has 0 unspecified atom stereocenters. The monoisotopic (exact) mass is 621 g/mol. The highest BCUT2D eigenvalue weighted by molar-refractivity contribution is 6.38. The fourth-order valence-electron chi connectivity index (χ4n) is 7.55. The molecule has 6 rings (SSSR count). The largest absolute Gasteiger partial charge is 0.356 e. The number of amides is 5. The number of benzene rings is 1. The van der Waals surface area contributed by atoms with Gasteiger partial charge in [0.15, 0.2) is 0 Å². The van der Waals surface area contributed by atoms with E-state index >= 15 is 0 Å². The quantitative estimate of drug-likeness (QED) is 0.220. The molecular formula is C34H47N5O6. The maximum absolute atomic E-state index is 14.0. The molecule has 4 N–H and O–H groups in total. The third-order valence-corrected chi connectivity index (χ3v) is 10.5. The molecule has 5 amide bonds. The first-order valence-electron chi connectivity index (χ1n) is 16.6.